The van der Waals surface area contributed by atoms with E-state index >= 15 is 0 Å². The van der Waals surface area contributed by atoms with Crippen molar-refractivity contribution in [1.82, 2.24) is 19.5 Å². The predicted octanol–water partition coefficient (Wildman–Crippen LogP) is 12.2. The quantitative estimate of drug-likeness (QED) is 0.184. The lowest BCUT2D eigenvalue weighted by molar-refractivity contribution is 0.660. The third kappa shape index (κ3) is 4.34. The minimum absolute atomic E-state index is 0.0457. The van der Waals surface area contributed by atoms with Crippen molar-refractivity contribution in [2.45, 2.75) is 19.3 Å². The van der Waals surface area contributed by atoms with E-state index in [-0.39, 0.29) is 34.0 Å². The van der Waals surface area contributed by atoms with Gasteiger partial charge < -0.3 is 8.98 Å². The van der Waals surface area contributed by atoms with Gasteiger partial charge in [0.1, 0.15) is 5.58 Å². The summed E-state index contributed by atoms with van der Waals surface area (Å²) in [6, 6.07) is 26.8. The van der Waals surface area contributed by atoms with Crippen LogP contribution in [0.2, 0.25) is 0 Å². The fourth-order valence-corrected chi connectivity index (χ4v) is 8.06. The molecule has 53 heavy (non-hydrogen) atoms. The maximum atomic E-state index is 8.69. The molecule has 0 spiro atoms. The van der Waals surface area contributed by atoms with Crippen LogP contribution < -0.4 is 0 Å². The average molecular weight is 691 g/mol. The van der Waals surface area contributed by atoms with E-state index in [2.05, 4.69) is 88.0 Å². The maximum absolute atomic E-state index is 8.69. The summed E-state index contributed by atoms with van der Waals surface area (Å²) in [5, 5.41) is 3.92. The number of para-hydroxylation sites is 2. The number of benzene rings is 7. The molecule has 250 valence electrons. The number of hydrogen-bond acceptors (Lipinski definition) is 4. The molecule has 0 aliphatic heterocycles. The molecule has 0 bridgehead atoms. The molecule has 10 aromatic rings. The second-order valence-electron chi connectivity index (χ2n) is 13.7. The molecular formula is C48H32N4O. The van der Waals surface area contributed by atoms with Gasteiger partial charge in [0.05, 0.1) is 30.4 Å². The van der Waals surface area contributed by atoms with Crippen LogP contribution in [0, 0.1) is 0 Å². The number of hydrogen-bond donors (Lipinski definition) is 0. The predicted molar refractivity (Wildman–Crippen MR) is 215 cm³/mol. The van der Waals surface area contributed by atoms with Crippen LogP contribution in [-0.2, 0) is 5.41 Å². The van der Waals surface area contributed by atoms with Crippen LogP contribution >= 0.6 is 0 Å². The van der Waals surface area contributed by atoms with Crippen LogP contribution in [0.25, 0.3) is 94.7 Å². The van der Waals surface area contributed by atoms with Crippen molar-refractivity contribution in [3.8, 4) is 51.0 Å². The normalized spacial score (nSPS) is 15.9. The summed E-state index contributed by atoms with van der Waals surface area (Å²) >= 11 is 0. The van der Waals surface area contributed by atoms with E-state index in [9.17, 15) is 0 Å². The molecular weight excluding hydrogens is 649 g/mol. The molecule has 5 nitrogen and oxygen atoms in total. The SMILES string of the molecule is [2H]c1c([2H])c([2H])c(-c2nc(-c3ccc4c(c3)oc3c(-n5c6ccccc6c6c7c(ccc65)C(C)(C)c5ccccc5-7)cccc34)nc(-c3c([2H])c([2H])c([2H])c([2H])c3[2H])n2)c([2H])c1[2H]. The molecule has 0 radical (unpaired) electrons. The fourth-order valence-electron chi connectivity index (χ4n) is 8.06. The fraction of sp³-hybridized carbons (Fsp3) is 0.0625. The Balaban J connectivity index is 1.14. The van der Waals surface area contributed by atoms with Crippen LogP contribution in [0.1, 0.15) is 38.7 Å². The second-order valence-corrected chi connectivity index (χ2v) is 13.7. The molecule has 0 atom stereocenters. The van der Waals surface area contributed by atoms with Gasteiger partial charge in [-0.2, -0.15) is 0 Å². The Kier molecular flexibility index (Phi) is 4.49. The Morgan fingerprint density at radius 2 is 1.23 bits per heavy atom. The Labute approximate surface area is 319 Å². The highest BCUT2D eigenvalue weighted by Crippen LogP contribution is 2.53. The van der Waals surface area contributed by atoms with Gasteiger partial charge in [-0.25, -0.2) is 15.0 Å². The summed E-state index contributed by atoms with van der Waals surface area (Å²) in [4.78, 5) is 13.6. The number of nitrogens with zero attached hydrogens (tertiary/aromatic N) is 4. The maximum Gasteiger partial charge on any atom is 0.164 e. The van der Waals surface area contributed by atoms with Crippen LogP contribution in [0.15, 0.2) is 162 Å². The summed E-state index contributed by atoms with van der Waals surface area (Å²) in [7, 11) is 0. The van der Waals surface area contributed by atoms with Crippen molar-refractivity contribution in [2.75, 3.05) is 0 Å². The van der Waals surface area contributed by atoms with Crippen molar-refractivity contribution in [2.24, 2.45) is 0 Å². The van der Waals surface area contributed by atoms with E-state index in [1.54, 1.807) is 12.1 Å². The number of furan rings is 1. The summed E-state index contributed by atoms with van der Waals surface area (Å²) < 4.78 is 93.4. The molecule has 5 heteroatoms. The molecule has 0 saturated heterocycles. The first-order valence-corrected chi connectivity index (χ1v) is 17.2. The summed E-state index contributed by atoms with van der Waals surface area (Å²) in [6.07, 6.45) is 0. The van der Waals surface area contributed by atoms with Crippen LogP contribution in [-0.4, -0.2) is 19.5 Å². The summed E-state index contributed by atoms with van der Waals surface area (Å²) in [5.74, 6) is -0.722. The zero-order valence-electron chi connectivity index (χ0n) is 38.4. The van der Waals surface area contributed by atoms with Gasteiger partial charge in [-0.15, -0.1) is 0 Å². The van der Waals surface area contributed by atoms with Crippen LogP contribution in [0.3, 0.4) is 0 Å². The van der Waals surface area contributed by atoms with Crippen LogP contribution in [0.5, 0.6) is 0 Å². The van der Waals surface area contributed by atoms with Gasteiger partial charge >= 0.3 is 0 Å². The van der Waals surface area contributed by atoms with E-state index in [1.807, 2.05) is 30.3 Å². The molecule has 3 heterocycles. The molecule has 1 aliphatic carbocycles. The molecule has 3 aromatic heterocycles. The smallest absolute Gasteiger partial charge is 0.164 e. The minimum atomic E-state index is -0.613. The average Bonchev–Trinajstić information content (AvgIpc) is 3.91. The topological polar surface area (TPSA) is 56.7 Å². The Morgan fingerprint density at radius 1 is 0.566 bits per heavy atom. The zero-order valence-corrected chi connectivity index (χ0v) is 28.4. The van der Waals surface area contributed by atoms with E-state index in [4.69, 9.17) is 18.1 Å². The van der Waals surface area contributed by atoms with Crippen molar-refractivity contribution >= 4 is 43.7 Å². The first-order chi connectivity index (χ1) is 30.2. The van der Waals surface area contributed by atoms with E-state index < -0.39 is 60.4 Å². The lowest BCUT2D eigenvalue weighted by Crippen LogP contribution is -2.14. The third-order valence-electron chi connectivity index (χ3n) is 10.4. The highest BCUT2D eigenvalue weighted by Gasteiger charge is 2.37. The van der Waals surface area contributed by atoms with E-state index in [0.717, 1.165) is 38.3 Å². The van der Waals surface area contributed by atoms with Gasteiger partial charge in [0.25, 0.3) is 0 Å². The molecule has 0 unspecified atom stereocenters. The first-order valence-electron chi connectivity index (χ1n) is 22.2. The van der Waals surface area contributed by atoms with Gasteiger partial charge in [0.15, 0.2) is 23.1 Å². The highest BCUT2D eigenvalue weighted by atomic mass is 16.3. The van der Waals surface area contributed by atoms with Crippen molar-refractivity contribution in [3.05, 3.63) is 169 Å². The summed E-state index contributed by atoms with van der Waals surface area (Å²) in [6.45, 7) is 4.55. The molecule has 0 N–H and O–H groups in total. The highest BCUT2D eigenvalue weighted by molar-refractivity contribution is 6.19. The second kappa shape index (κ2) is 11.1. The van der Waals surface area contributed by atoms with Crippen molar-refractivity contribution in [3.63, 3.8) is 0 Å². The Hall–Kier alpha value is -6.85. The van der Waals surface area contributed by atoms with Crippen molar-refractivity contribution < 1.29 is 18.1 Å². The van der Waals surface area contributed by atoms with Gasteiger partial charge in [0, 0.05) is 43.7 Å². The standard InChI is InChI=1S/C48H32N4O/c1-48(2)36-21-11-9-18-34(36)42-37(48)26-27-39-43(42)35-19-10-12-22-38(35)52(39)40-23-13-20-33-32-25-24-31(28-41(32)53-44(33)40)47-50-45(29-14-5-3-6-15-29)49-46(51-47)30-16-7-4-8-17-30/h3-28H,1-2H3/i3D,4D,5D,6D,7D,8D,14D,15D,16D,17D. The minimum Gasteiger partial charge on any atom is -0.454 e. The van der Waals surface area contributed by atoms with E-state index in [1.165, 1.54) is 22.3 Å². The molecule has 1 aliphatic rings. The number of aromatic nitrogens is 4. The monoisotopic (exact) mass is 690 g/mol. The summed E-state index contributed by atoms with van der Waals surface area (Å²) in [5.41, 5.74) is 8.52. The van der Waals surface area contributed by atoms with Gasteiger partial charge in [-0.3, -0.25) is 0 Å². The molecule has 7 aromatic carbocycles. The first kappa shape index (κ1) is 21.5. The Morgan fingerprint density at radius 3 is 1.98 bits per heavy atom. The number of rotatable bonds is 4. The number of fused-ring (bicyclic) bond motifs is 10. The van der Waals surface area contributed by atoms with E-state index in [0.29, 0.717) is 16.7 Å². The van der Waals surface area contributed by atoms with Crippen LogP contribution in [0.4, 0.5) is 0 Å². The lowest BCUT2D eigenvalue weighted by Gasteiger charge is -2.21. The molecule has 0 fully saturated rings. The third-order valence-corrected chi connectivity index (χ3v) is 10.4. The largest absolute Gasteiger partial charge is 0.454 e. The van der Waals surface area contributed by atoms with Gasteiger partial charge in [-0.1, -0.05) is 141 Å². The molecule has 0 amide bonds. The van der Waals surface area contributed by atoms with Crippen molar-refractivity contribution in [1.29, 1.82) is 0 Å². The lowest BCUT2D eigenvalue weighted by atomic mass is 9.82. The molecule has 0 saturated carbocycles. The van der Waals surface area contributed by atoms with Gasteiger partial charge in [0.2, 0.25) is 0 Å². The molecule has 11 rings (SSSR count). The Bertz CT molecular complexity index is 3540. The zero-order chi connectivity index (χ0) is 44.0. The van der Waals surface area contributed by atoms with Gasteiger partial charge in [-0.05, 0) is 52.6 Å².